The van der Waals surface area contributed by atoms with Crippen LogP contribution in [0.15, 0.2) is 0 Å². The van der Waals surface area contributed by atoms with Crippen LogP contribution < -0.4 is 0 Å². The maximum absolute atomic E-state index is 11.1. The molecule has 0 N–H and O–H groups in total. The maximum atomic E-state index is 11.1. The van der Waals surface area contributed by atoms with Crippen LogP contribution in [0, 0.1) is 0 Å². The topological polar surface area (TPSA) is 26.3 Å². The zero-order valence-corrected chi connectivity index (χ0v) is 14.6. The summed E-state index contributed by atoms with van der Waals surface area (Å²) in [5.41, 5.74) is 0. The van der Waals surface area contributed by atoms with Gasteiger partial charge in [0.2, 0.25) is 0 Å². The number of halogens is 4. The molecule has 2 nitrogen and oxygen atoms in total. The number of alkyl halides is 1. The van der Waals surface area contributed by atoms with E-state index in [0.29, 0.717) is 12.7 Å². The Hall–Kier alpha value is 1.29. The quantitative estimate of drug-likeness (QED) is 0.144. The van der Waals surface area contributed by atoms with E-state index in [1.54, 1.807) is 0 Å². The second kappa shape index (κ2) is 9.25. The normalized spacial score (nSPS) is 13.6. The number of carbonyl (C=O) groups is 1. The highest BCUT2D eigenvalue weighted by Crippen LogP contribution is 2.27. The summed E-state index contributed by atoms with van der Waals surface area (Å²) in [6.07, 6.45) is 3.87. The summed E-state index contributed by atoms with van der Waals surface area (Å²) >= 11 is 19.3. The predicted molar refractivity (Wildman–Crippen MR) is 81.0 cm³/mol. The monoisotopic (exact) mass is 416 g/mol. The van der Waals surface area contributed by atoms with E-state index in [1.807, 2.05) is 29.5 Å². The molecule has 0 aliphatic carbocycles. The average molecular weight is 418 g/mol. The minimum absolute atomic E-state index is 0.0760. The van der Waals surface area contributed by atoms with Crippen LogP contribution in [0.4, 0.5) is 0 Å². The first-order chi connectivity index (χ1) is 7.33. The first kappa shape index (κ1) is 17.3. The van der Waals surface area contributed by atoms with Crippen LogP contribution in [0.3, 0.4) is 0 Å². The Morgan fingerprint density at radius 1 is 1.25 bits per heavy atom. The number of esters is 1. The molecule has 0 aromatic rings. The van der Waals surface area contributed by atoms with Gasteiger partial charge in [0.05, 0.1) is 6.61 Å². The molecule has 0 fully saturated rings. The largest absolute Gasteiger partial charge is 0.465 e. The summed E-state index contributed by atoms with van der Waals surface area (Å²) in [5.74, 6) is -0.144. The number of hydrogen-bond donors (Lipinski definition) is 0. The molecular formula is C9H16Cl3IO2Si. The van der Waals surface area contributed by atoms with Gasteiger partial charge in [0.1, 0.15) is 3.92 Å². The van der Waals surface area contributed by atoms with Gasteiger partial charge in [0, 0.05) is 0 Å². The fraction of sp³-hybridized carbons (Fsp3) is 0.889. The molecule has 0 amide bonds. The first-order valence-electron chi connectivity index (χ1n) is 5.20. The van der Waals surface area contributed by atoms with E-state index in [9.17, 15) is 4.79 Å². The fourth-order valence-electron chi connectivity index (χ4n) is 1.07. The van der Waals surface area contributed by atoms with Crippen molar-refractivity contribution in [3.8, 4) is 0 Å². The molecule has 0 saturated carbocycles. The highest BCUT2D eigenvalue weighted by Gasteiger charge is 2.23. The third-order valence-electron chi connectivity index (χ3n) is 1.92. The van der Waals surface area contributed by atoms with Crippen LogP contribution in [0.2, 0.25) is 6.04 Å². The molecule has 0 heterocycles. The highest BCUT2D eigenvalue weighted by molar-refractivity contribution is 14.1. The summed E-state index contributed by atoms with van der Waals surface area (Å²) in [6, 6.07) is -1.72. The van der Waals surface area contributed by atoms with Crippen LogP contribution in [0.5, 0.6) is 0 Å². The highest BCUT2D eigenvalue weighted by atomic mass is 127. The summed E-state index contributed by atoms with van der Waals surface area (Å²) < 4.78 is 4.96. The van der Waals surface area contributed by atoms with E-state index in [2.05, 4.69) is 0 Å². The third-order valence-corrected chi connectivity index (χ3v) is 5.05. The van der Waals surface area contributed by atoms with Crippen molar-refractivity contribution in [1.82, 2.24) is 0 Å². The van der Waals surface area contributed by atoms with Gasteiger partial charge >= 0.3 is 12.0 Å². The van der Waals surface area contributed by atoms with Gasteiger partial charge < -0.3 is 4.74 Å². The third kappa shape index (κ3) is 11.8. The average Bonchev–Trinajstić information content (AvgIpc) is 2.14. The Labute approximate surface area is 126 Å². The zero-order valence-electron chi connectivity index (χ0n) is 9.15. The van der Waals surface area contributed by atoms with Crippen LogP contribution >= 0.6 is 55.8 Å². The minimum Gasteiger partial charge on any atom is -0.465 e. The molecule has 0 aliphatic heterocycles. The molecule has 0 bridgehead atoms. The molecule has 7 heteroatoms. The predicted octanol–water partition coefficient (Wildman–Crippen LogP) is 4.57. The van der Waals surface area contributed by atoms with Crippen molar-refractivity contribution >= 4 is 67.8 Å². The molecule has 0 spiro atoms. The lowest BCUT2D eigenvalue weighted by molar-refractivity contribution is -0.142. The molecule has 0 rings (SSSR count). The molecule has 96 valence electrons. The Morgan fingerprint density at radius 2 is 1.81 bits per heavy atom. The van der Waals surface area contributed by atoms with Crippen LogP contribution in [0.1, 0.15) is 32.6 Å². The fourth-order valence-corrected chi connectivity index (χ4v) is 3.10. The molecular weight excluding hydrogens is 401 g/mol. The van der Waals surface area contributed by atoms with E-state index in [0.717, 1.165) is 25.7 Å². The Balaban J connectivity index is 3.26. The van der Waals surface area contributed by atoms with E-state index < -0.39 is 6.00 Å². The van der Waals surface area contributed by atoms with Gasteiger partial charge in [-0.2, -0.15) is 0 Å². The van der Waals surface area contributed by atoms with Gasteiger partial charge in [-0.05, 0) is 19.4 Å². The summed E-state index contributed by atoms with van der Waals surface area (Å²) in [7, 11) is 0. The maximum Gasteiger partial charge on any atom is 0.341 e. The van der Waals surface area contributed by atoms with E-state index in [1.165, 1.54) is 0 Å². The number of unbranched alkanes of at least 4 members (excludes halogenated alkanes) is 3. The van der Waals surface area contributed by atoms with Crippen LogP contribution in [0.25, 0.3) is 0 Å². The van der Waals surface area contributed by atoms with Crippen molar-refractivity contribution in [2.75, 3.05) is 6.61 Å². The van der Waals surface area contributed by atoms with Crippen molar-refractivity contribution in [1.29, 1.82) is 0 Å². The van der Waals surface area contributed by atoms with E-state index in [4.69, 9.17) is 38.0 Å². The molecule has 0 aliphatic rings. The van der Waals surface area contributed by atoms with E-state index in [-0.39, 0.29) is 9.89 Å². The Morgan fingerprint density at radius 3 is 2.31 bits per heavy atom. The Kier molecular flexibility index (Phi) is 9.99. The molecule has 0 saturated heterocycles. The van der Waals surface area contributed by atoms with Crippen molar-refractivity contribution in [3.63, 3.8) is 0 Å². The molecule has 1 atom stereocenters. The van der Waals surface area contributed by atoms with Gasteiger partial charge in [-0.25, -0.2) is 0 Å². The van der Waals surface area contributed by atoms with Gasteiger partial charge in [0.15, 0.2) is 0 Å². The van der Waals surface area contributed by atoms with Crippen molar-refractivity contribution in [3.05, 3.63) is 0 Å². The van der Waals surface area contributed by atoms with Crippen molar-refractivity contribution in [2.24, 2.45) is 0 Å². The molecule has 1 unspecified atom stereocenters. The summed E-state index contributed by atoms with van der Waals surface area (Å²) in [4.78, 5) is 11.1. The minimum atomic E-state index is -2.43. The van der Waals surface area contributed by atoms with Crippen molar-refractivity contribution in [2.45, 2.75) is 42.6 Å². The lowest BCUT2D eigenvalue weighted by Crippen LogP contribution is -2.14. The standard InChI is InChI=1S/C9H16Cl3IO2Si/c1-8(13)9(14)15-6-4-2-3-5-7-16(10,11)12/h8H,2-7H2,1H3. The number of carbonyl (C=O) groups excluding carboxylic acids is 1. The lowest BCUT2D eigenvalue weighted by Gasteiger charge is -2.07. The first-order valence-corrected chi connectivity index (χ1v) is 11.7. The second-order valence-electron chi connectivity index (χ2n) is 3.56. The molecule has 0 aromatic heterocycles. The lowest BCUT2D eigenvalue weighted by atomic mass is 10.2. The summed E-state index contributed by atoms with van der Waals surface area (Å²) in [5, 5.41) is 0. The SMILES string of the molecule is CC(I)C(=O)OCCCCCC[Si](Cl)(Cl)Cl. The van der Waals surface area contributed by atoms with Crippen LogP contribution in [-0.2, 0) is 9.53 Å². The second-order valence-corrected chi connectivity index (χ2v) is 14.7. The van der Waals surface area contributed by atoms with Gasteiger partial charge in [-0.15, -0.1) is 33.2 Å². The van der Waals surface area contributed by atoms with Crippen molar-refractivity contribution < 1.29 is 9.53 Å². The Bertz CT molecular complexity index is 209. The number of hydrogen-bond acceptors (Lipinski definition) is 2. The molecule has 16 heavy (non-hydrogen) atoms. The number of rotatable bonds is 8. The van der Waals surface area contributed by atoms with Gasteiger partial charge in [-0.3, -0.25) is 4.79 Å². The molecule has 0 radical (unpaired) electrons. The summed E-state index contributed by atoms with van der Waals surface area (Å²) in [6.45, 7) is 2.31. The molecule has 0 aromatic carbocycles. The van der Waals surface area contributed by atoms with Gasteiger partial charge in [0.25, 0.3) is 0 Å². The van der Waals surface area contributed by atoms with E-state index >= 15 is 0 Å². The number of ether oxygens (including phenoxy) is 1. The van der Waals surface area contributed by atoms with Crippen LogP contribution in [-0.4, -0.2) is 22.5 Å². The zero-order chi connectivity index (χ0) is 12.6. The smallest absolute Gasteiger partial charge is 0.341 e. The van der Waals surface area contributed by atoms with Gasteiger partial charge in [-0.1, -0.05) is 41.9 Å².